The highest BCUT2D eigenvalue weighted by Crippen LogP contribution is 2.29. The van der Waals surface area contributed by atoms with Gasteiger partial charge >= 0.3 is 11.9 Å². The lowest BCUT2D eigenvalue weighted by atomic mass is 10.1. The van der Waals surface area contributed by atoms with Crippen molar-refractivity contribution in [3.63, 3.8) is 0 Å². The van der Waals surface area contributed by atoms with Crippen molar-refractivity contribution in [2.75, 3.05) is 18.6 Å². The van der Waals surface area contributed by atoms with Gasteiger partial charge in [-0.25, -0.2) is 18.9 Å². The zero-order valence-electron chi connectivity index (χ0n) is 13.5. The number of methoxy groups -OCH3 is 1. The van der Waals surface area contributed by atoms with Gasteiger partial charge in [0, 0.05) is 0 Å². The molecule has 0 spiro atoms. The molecule has 0 saturated carbocycles. The molecule has 0 aromatic heterocycles. The quantitative estimate of drug-likeness (QED) is 0.614. The van der Waals surface area contributed by atoms with E-state index in [-0.39, 0.29) is 22.4 Å². The summed E-state index contributed by atoms with van der Waals surface area (Å²) in [4.78, 5) is 48.9. The van der Waals surface area contributed by atoms with Gasteiger partial charge in [-0.15, -0.1) is 0 Å². The van der Waals surface area contributed by atoms with Crippen molar-refractivity contribution in [2.45, 2.75) is 0 Å². The summed E-state index contributed by atoms with van der Waals surface area (Å²) in [5.41, 5.74) is 0.359. The minimum Gasteiger partial charge on any atom is -0.466 e. The molecule has 0 N–H and O–H groups in total. The molecule has 1 aliphatic rings. The van der Waals surface area contributed by atoms with Crippen LogP contribution in [-0.2, 0) is 14.3 Å². The minimum absolute atomic E-state index is 0.00904. The van der Waals surface area contributed by atoms with Crippen LogP contribution < -0.4 is 4.90 Å². The van der Waals surface area contributed by atoms with Gasteiger partial charge in [0.05, 0.1) is 29.5 Å². The van der Waals surface area contributed by atoms with E-state index in [1.807, 2.05) is 0 Å². The van der Waals surface area contributed by atoms with Crippen molar-refractivity contribution in [2.24, 2.45) is 0 Å². The third kappa shape index (κ3) is 3.04. The molecule has 2 aromatic rings. The van der Waals surface area contributed by atoms with Crippen molar-refractivity contribution < 1.29 is 33.0 Å². The number of halogens is 1. The average Bonchev–Trinajstić information content (AvgIpc) is 2.90. The standard InChI is InChI=1S/C18H12FNO6/c1-25-15(21)9-26-18(24)10-2-7-13-14(8-10)17(23)20(16(13)22)12-5-3-11(19)4-6-12/h2-8H,9H2,1H3. The van der Waals surface area contributed by atoms with Crippen molar-refractivity contribution >= 4 is 29.4 Å². The number of ether oxygens (including phenoxy) is 2. The van der Waals surface area contributed by atoms with E-state index in [1.54, 1.807) is 0 Å². The Kier molecular flexibility index (Phi) is 4.49. The highest BCUT2D eigenvalue weighted by atomic mass is 19.1. The third-order valence-corrected chi connectivity index (χ3v) is 3.76. The van der Waals surface area contributed by atoms with Gasteiger partial charge in [0.1, 0.15) is 5.82 Å². The monoisotopic (exact) mass is 357 g/mol. The Morgan fingerprint density at radius 3 is 2.31 bits per heavy atom. The molecule has 1 heterocycles. The highest BCUT2D eigenvalue weighted by molar-refractivity contribution is 6.34. The number of anilines is 1. The molecule has 0 fully saturated rings. The van der Waals surface area contributed by atoms with Crippen molar-refractivity contribution in [3.05, 3.63) is 65.0 Å². The SMILES string of the molecule is COC(=O)COC(=O)c1ccc2c(c1)C(=O)N(c1ccc(F)cc1)C2=O. The zero-order valence-corrected chi connectivity index (χ0v) is 13.5. The van der Waals surface area contributed by atoms with Crippen LogP contribution in [0.3, 0.4) is 0 Å². The fourth-order valence-corrected chi connectivity index (χ4v) is 2.46. The normalized spacial score (nSPS) is 12.8. The van der Waals surface area contributed by atoms with E-state index in [0.29, 0.717) is 0 Å². The first-order chi connectivity index (χ1) is 12.4. The number of rotatable bonds is 4. The number of carbonyl (C=O) groups is 4. The first-order valence-corrected chi connectivity index (χ1v) is 7.44. The van der Waals surface area contributed by atoms with Crippen LogP contribution in [0.5, 0.6) is 0 Å². The number of esters is 2. The first-order valence-electron chi connectivity index (χ1n) is 7.44. The van der Waals surface area contributed by atoms with Crippen LogP contribution in [0.4, 0.5) is 10.1 Å². The number of hydrogen-bond donors (Lipinski definition) is 0. The van der Waals surface area contributed by atoms with E-state index < -0.39 is 36.2 Å². The van der Waals surface area contributed by atoms with Gasteiger partial charge in [0.25, 0.3) is 11.8 Å². The van der Waals surface area contributed by atoms with Crippen molar-refractivity contribution in [3.8, 4) is 0 Å². The summed E-state index contributed by atoms with van der Waals surface area (Å²) in [6.45, 7) is -0.568. The maximum absolute atomic E-state index is 13.1. The molecular formula is C18H12FNO6. The van der Waals surface area contributed by atoms with Gasteiger partial charge < -0.3 is 9.47 Å². The number of fused-ring (bicyclic) bond motifs is 1. The highest BCUT2D eigenvalue weighted by Gasteiger charge is 2.37. The molecule has 26 heavy (non-hydrogen) atoms. The van der Waals surface area contributed by atoms with Gasteiger partial charge in [-0.05, 0) is 42.5 Å². The Hall–Kier alpha value is -3.55. The topological polar surface area (TPSA) is 90.0 Å². The Labute approximate surface area is 146 Å². The maximum Gasteiger partial charge on any atom is 0.344 e. The van der Waals surface area contributed by atoms with E-state index in [1.165, 1.54) is 30.3 Å². The second kappa shape index (κ2) is 6.75. The van der Waals surface area contributed by atoms with E-state index in [0.717, 1.165) is 24.1 Å². The van der Waals surface area contributed by atoms with Crippen LogP contribution in [0.25, 0.3) is 0 Å². The Morgan fingerprint density at radius 2 is 1.65 bits per heavy atom. The van der Waals surface area contributed by atoms with Crippen molar-refractivity contribution in [1.82, 2.24) is 0 Å². The van der Waals surface area contributed by atoms with Gasteiger partial charge in [-0.1, -0.05) is 0 Å². The second-order valence-corrected chi connectivity index (χ2v) is 5.33. The van der Waals surface area contributed by atoms with Crippen LogP contribution in [-0.4, -0.2) is 37.5 Å². The number of nitrogens with zero attached hydrogens (tertiary/aromatic N) is 1. The number of amides is 2. The molecule has 2 aromatic carbocycles. The molecule has 0 bridgehead atoms. The Morgan fingerprint density at radius 1 is 1.00 bits per heavy atom. The smallest absolute Gasteiger partial charge is 0.344 e. The average molecular weight is 357 g/mol. The fourth-order valence-electron chi connectivity index (χ4n) is 2.46. The lowest BCUT2D eigenvalue weighted by Gasteiger charge is -2.13. The van der Waals surface area contributed by atoms with E-state index >= 15 is 0 Å². The van der Waals surface area contributed by atoms with Crippen molar-refractivity contribution in [1.29, 1.82) is 0 Å². The predicted molar refractivity (Wildman–Crippen MR) is 86.3 cm³/mol. The molecule has 0 aliphatic carbocycles. The summed E-state index contributed by atoms with van der Waals surface area (Å²) in [5, 5.41) is 0. The van der Waals surface area contributed by atoms with Crippen LogP contribution in [0.2, 0.25) is 0 Å². The van der Waals surface area contributed by atoms with E-state index in [2.05, 4.69) is 4.74 Å². The van der Waals surface area contributed by atoms with E-state index in [9.17, 15) is 23.6 Å². The molecule has 8 heteroatoms. The molecule has 7 nitrogen and oxygen atoms in total. The molecule has 3 rings (SSSR count). The lowest BCUT2D eigenvalue weighted by Crippen LogP contribution is -2.29. The summed E-state index contributed by atoms with van der Waals surface area (Å²) in [5.74, 6) is -3.28. The molecular weight excluding hydrogens is 345 g/mol. The molecule has 132 valence electrons. The van der Waals surface area contributed by atoms with Gasteiger partial charge in [0.2, 0.25) is 0 Å². The number of imide groups is 1. The summed E-state index contributed by atoms with van der Waals surface area (Å²) in [6, 6.07) is 8.75. The predicted octanol–water partition coefficient (Wildman–Crippen LogP) is 1.96. The van der Waals surface area contributed by atoms with Gasteiger partial charge in [0.15, 0.2) is 6.61 Å². The summed E-state index contributed by atoms with van der Waals surface area (Å²) in [6.07, 6.45) is 0. The summed E-state index contributed by atoms with van der Waals surface area (Å²) in [7, 11) is 1.15. The summed E-state index contributed by atoms with van der Waals surface area (Å²) < 4.78 is 22.2. The molecule has 2 amide bonds. The maximum atomic E-state index is 13.1. The van der Waals surface area contributed by atoms with Crippen LogP contribution in [0.1, 0.15) is 31.1 Å². The molecule has 0 atom stereocenters. The largest absolute Gasteiger partial charge is 0.466 e. The van der Waals surface area contributed by atoms with Crippen LogP contribution in [0, 0.1) is 5.82 Å². The third-order valence-electron chi connectivity index (χ3n) is 3.76. The van der Waals surface area contributed by atoms with Gasteiger partial charge in [-0.3, -0.25) is 9.59 Å². The van der Waals surface area contributed by atoms with E-state index in [4.69, 9.17) is 4.74 Å². The molecule has 0 radical (unpaired) electrons. The number of benzene rings is 2. The Balaban J connectivity index is 1.87. The number of carbonyl (C=O) groups excluding carboxylic acids is 4. The molecule has 1 aliphatic heterocycles. The lowest BCUT2D eigenvalue weighted by molar-refractivity contribution is -0.144. The Bertz CT molecular complexity index is 922. The molecule has 0 unspecified atom stereocenters. The fraction of sp³-hybridized carbons (Fsp3) is 0.111. The summed E-state index contributed by atoms with van der Waals surface area (Å²) >= 11 is 0. The second-order valence-electron chi connectivity index (χ2n) is 5.33. The number of hydrogen-bond acceptors (Lipinski definition) is 6. The van der Waals surface area contributed by atoms with Crippen LogP contribution >= 0.6 is 0 Å². The first kappa shape index (κ1) is 17.3. The van der Waals surface area contributed by atoms with Crippen LogP contribution in [0.15, 0.2) is 42.5 Å². The zero-order chi connectivity index (χ0) is 18.8. The molecule has 0 saturated heterocycles. The van der Waals surface area contributed by atoms with Gasteiger partial charge in [-0.2, -0.15) is 0 Å². The minimum atomic E-state index is -0.835.